The lowest BCUT2D eigenvalue weighted by Gasteiger charge is -2.30. The SMILES string of the molecule is NC1CCN(C(=O)CCCSc2ccc(Br)cc2)CC1. The molecule has 1 heterocycles. The fourth-order valence-electron chi connectivity index (χ4n) is 2.25. The minimum atomic E-state index is 0.284. The Morgan fingerprint density at radius 3 is 2.60 bits per heavy atom. The van der Waals surface area contributed by atoms with E-state index in [2.05, 4.69) is 28.1 Å². The maximum absolute atomic E-state index is 12.0. The molecule has 1 amide bonds. The normalized spacial score (nSPS) is 16.4. The van der Waals surface area contributed by atoms with Crippen LogP contribution in [0.15, 0.2) is 33.6 Å². The van der Waals surface area contributed by atoms with Crippen molar-refractivity contribution in [2.75, 3.05) is 18.8 Å². The fourth-order valence-corrected chi connectivity index (χ4v) is 3.37. The predicted molar refractivity (Wildman–Crippen MR) is 87.9 cm³/mol. The van der Waals surface area contributed by atoms with Gasteiger partial charge in [-0.2, -0.15) is 0 Å². The molecule has 0 radical (unpaired) electrons. The molecule has 1 aromatic carbocycles. The van der Waals surface area contributed by atoms with Crippen LogP contribution in [0.2, 0.25) is 0 Å². The molecule has 0 bridgehead atoms. The lowest BCUT2D eigenvalue weighted by Crippen LogP contribution is -2.42. The number of carbonyl (C=O) groups excluding carboxylic acids is 1. The summed E-state index contributed by atoms with van der Waals surface area (Å²) in [6.07, 6.45) is 3.47. The standard InChI is InChI=1S/C15H21BrN2OS/c16-12-3-5-14(6-4-12)20-11-1-2-15(19)18-9-7-13(17)8-10-18/h3-6,13H,1-2,7-11,17H2. The third kappa shape index (κ3) is 5.11. The van der Waals surface area contributed by atoms with Gasteiger partial charge in [-0.1, -0.05) is 15.9 Å². The van der Waals surface area contributed by atoms with Crippen LogP contribution in [0.3, 0.4) is 0 Å². The van der Waals surface area contributed by atoms with Crippen LogP contribution in [0.5, 0.6) is 0 Å². The summed E-state index contributed by atoms with van der Waals surface area (Å²) in [6.45, 7) is 1.67. The summed E-state index contributed by atoms with van der Waals surface area (Å²) in [5.41, 5.74) is 5.85. The van der Waals surface area contributed by atoms with Crippen molar-refractivity contribution in [3.05, 3.63) is 28.7 Å². The van der Waals surface area contributed by atoms with Crippen molar-refractivity contribution in [1.82, 2.24) is 4.90 Å². The van der Waals surface area contributed by atoms with E-state index >= 15 is 0 Å². The van der Waals surface area contributed by atoms with Gasteiger partial charge in [-0.15, -0.1) is 11.8 Å². The Hall–Kier alpha value is -0.520. The maximum atomic E-state index is 12.0. The number of rotatable bonds is 5. The number of hydrogen-bond acceptors (Lipinski definition) is 3. The highest BCUT2D eigenvalue weighted by molar-refractivity contribution is 9.10. The maximum Gasteiger partial charge on any atom is 0.222 e. The Bertz CT molecular complexity index is 430. The van der Waals surface area contributed by atoms with E-state index in [0.717, 1.165) is 42.6 Å². The molecule has 110 valence electrons. The molecule has 2 N–H and O–H groups in total. The Kier molecular flexibility index (Phi) is 6.39. The molecule has 0 saturated carbocycles. The smallest absolute Gasteiger partial charge is 0.222 e. The van der Waals surface area contributed by atoms with Gasteiger partial charge in [0, 0.05) is 34.9 Å². The molecule has 3 nitrogen and oxygen atoms in total. The van der Waals surface area contributed by atoms with Crippen molar-refractivity contribution < 1.29 is 4.79 Å². The van der Waals surface area contributed by atoms with E-state index in [9.17, 15) is 4.79 Å². The topological polar surface area (TPSA) is 46.3 Å². The summed E-state index contributed by atoms with van der Waals surface area (Å²) in [4.78, 5) is 15.3. The van der Waals surface area contributed by atoms with Crippen LogP contribution >= 0.6 is 27.7 Å². The fraction of sp³-hybridized carbons (Fsp3) is 0.533. The monoisotopic (exact) mass is 356 g/mol. The van der Waals surface area contributed by atoms with Crippen molar-refractivity contribution in [2.45, 2.75) is 36.6 Å². The first kappa shape index (κ1) is 15.9. The first-order valence-corrected chi connectivity index (χ1v) is 8.85. The van der Waals surface area contributed by atoms with Crippen molar-refractivity contribution in [3.63, 3.8) is 0 Å². The van der Waals surface area contributed by atoms with Gasteiger partial charge in [-0.25, -0.2) is 0 Å². The number of benzene rings is 1. The van der Waals surface area contributed by atoms with Crippen LogP contribution in [0.25, 0.3) is 0 Å². The minimum absolute atomic E-state index is 0.284. The molecule has 1 aliphatic rings. The number of likely N-dealkylation sites (tertiary alicyclic amines) is 1. The molecule has 20 heavy (non-hydrogen) atoms. The quantitative estimate of drug-likeness (QED) is 0.650. The van der Waals surface area contributed by atoms with Gasteiger partial charge in [0.1, 0.15) is 0 Å². The molecule has 0 unspecified atom stereocenters. The number of hydrogen-bond donors (Lipinski definition) is 1. The molecule has 0 aliphatic carbocycles. The predicted octanol–water partition coefficient (Wildman–Crippen LogP) is 3.27. The van der Waals surface area contributed by atoms with Crippen LogP contribution in [0.1, 0.15) is 25.7 Å². The molecule has 1 aliphatic heterocycles. The summed E-state index contributed by atoms with van der Waals surface area (Å²) in [5, 5.41) is 0. The third-order valence-corrected chi connectivity index (χ3v) is 5.14. The molecule has 0 spiro atoms. The average Bonchev–Trinajstić information content (AvgIpc) is 2.46. The molecule has 0 aromatic heterocycles. The minimum Gasteiger partial charge on any atom is -0.343 e. The Labute approximate surface area is 133 Å². The van der Waals surface area contributed by atoms with Gasteiger partial charge in [-0.05, 0) is 49.3 Å². The number of halogens is 1. The molecule has 5 heteroatoms. The number of thioether (sulfide) groups is 1. The first-order chi connectivity index (χ1) is 9.65. The lowest BCUT2D eigenvalue weighted by atomic mass is 10.1. The van der Waals surface area contributed by atoms with E-state index < -0.39 is 0 Å². The van der Waals surface area contributed by atoms with Gasteiger partial charge in [0.2, 0.25) is 5.91 Å². The van der Waals surface area contributed by atoms with Crippen molar-refractivity contribution in [2.24, 2.45) is 5.73 Å². The summed E-state index contributed by atoms with van der Waals surface area (Å²) in [5.74, 6) is 1.27. The number of carbonyl (C=O) groups is 1. The summed E-state index contributed by atoms with van der Waals surface area (Å²) in [7, 11) is 0. The Morgan fingerprint density at radius 1 is 1.30 bits per heavy atom. The van der Waals surface area contributed by atoms with Crippen molar-refractivity contribution in [1.29, 1.82) is 0 Å². The highest BCUT2D eigenvalue weighted by Gasteiger charge is 2.19. The zero-order valence-electron chi connectivity index (χ0n) is 11.6. The molecule has 1 fully saturated rings. The van der Waals surface area contributed by atoms with Crippen LogP contribution in [-0.2, 0) is 4.79 Å². The summed E-state index contributed by atoms with van der Waals surface area (Å²) >= 11 is 5.23. The molecular weight excluding hydrogens is 336 g/mol. The third-order valence-electron chi connectivity index (χ3n) is 3.51. The first-order valence-electron chi connectivity index (χ1n) is 7.07. The second kappa shape index (κ2) is 8.05. The van der Waals surface area contributed by atoms with Crippen LogP contribution in [0, 0.1) is 0 Å². The number of piperidine rings is 1. The van der Waals surface area contributed by atoms with E-state index in [1.165, 1.54) is 4.90 Å². The van der Waals surface area contributed by atoms with Crippen molar-refractivity contribution in [3.8, 4) is 0 Å². The van der Waals surface area contributed by atoms with E-state index in [1.54, 1.807) is 11.8 Å². The van der Waals surface area contributed by atoms with Crippen LogP contribution < -0.4 is 5.73 Å². The Balaban J connectivity index is 1.63. The lowest BCUT2D eigenvalue weighted by molar-refractivity contribution is -0.132. The van der Waals surface area contributed by atoms with Gasteiger partial charge in [-0.3, -0.25) is 4.79 Å². The highest BCUT2D eigenvalue weighted by atomic mass is 79.9. The number of nitrogens with zero attached hydrogens (tertiary/aromatic N) is 1. The summed E-state index contributed by atoms with van der Waals surface area (Å²) in [6, 6.07) is 8.58. The number of nitrogens with two attached hydrogens (primary N) is 1. The summed E-state index contributed by atoms with van der Waals surface area (Å²) < 4.78 is 1.10. The molecular formula is C15H21BrN2OS. The zero-order chi connectivity index (χ0) is 14.4. The van der Waals surface area contributed by atoms with Gasteiger partial charge in [0.25, 0.3) is 0 Å². The van der Waals surface area contributed by atoms with Gasteiger partial charge < -0.3 is 10.6 Å². The number of amides is 1. The second-order valence-corrected chi connectivity index (χ2v) is 7.21. The Morgan fingerprint density at radius 2 is 1.95 bits per heavy atom. The van der Waals surface area contributed by atoms with E-state index in [1.807, 2.05) is 17.0 Å². The second-order valence-electron chi connectivity index (χ2n) is 5.12. The zero-order valence-corrected chi connectivity index (χ0v) is 14.0. The van der Waals surface area contributed by atoms with Crippen LogP contribution in [-0.4, -0.2) is 35.7 Å². The highest BCUT2D eigenvalue weighted by Crippen LogP contribution is 2.22. The van der Waals surface area contributed by atoms with E-state index in [-0.39, 0.29) is 11.9 Å². The van der Waals surface area contributed by atoms with Gasteiger partial charge in [0.15, 0.2) is 0 Å². The largest absolute Gasteiger partial charge is 0.343 e. The molecule has 0 atom stereocenters. The average molecular weight is 357 g/mol. The van der Waals surface area contributed by atoms with E-state index in [4.69, 9.17) is 5.73 Å². The van der Waals surface area contributed by atoms with Crippen molar-refractivity contribution >= 4 is 33.6 Å². The molecule has 1 saturated heterocycles. The molecule has 2 rings (SSSR count). The molecule has 1 aromatic rings. The van der Waals surface area contributed by atoms with Crippen LogP contribution in [0.4, 0.5) is 0 Å². The van der Waals surface area contributed by atoms with E-state index in [0.29, 0.717) is 6.42 Å². The van der Waals surface area contributed by atoms with Gasteiger partial charge in [0.05, 0.1) is 0 Å². The van der Waals surface area contributed by atoms with Gasteiger partial charge >= 0.3 is 0 Å².